The fourth-order valence-electron chi connectivity index (χ4n) is 3.03. The minimum absolute atomic E-state index is 0.263. The molecule has 6 nitrogen and oxygen atoms in total. The third-order valence-electron chi connectivity index (χ3n) is 4.58. The Morgan fingerprint density at radius 2 is 2.08 bits per heavy atom. The standard InChI is InChI=1S/C18H24FN5O/c1-2-22-9-11-24(12-10-22)17-4-3-15(13-16(17)19)18(25)21-6-8-23-7-5-20-14-23/h3-5,7,13-14H,2,6,8-12H2,1H3,(H,21,25). The van der Waals surface area contributed by atoms with Crippen molar-refractivity contribution in [2.75, 3.05) is 44.2 Å². The minimum Gasteiger partial charge on any atom is -0.367 e. The molecule has 134 valence electrons. The summed E-state index contributed by atoms with van der Waals surface area (Å²) >= 11 is 0. The van der Waals surface area contributed by atoms with Crippen molar-refractivity contribution in [1.29, 1.82) is 0 Å². The Morgan fingerprint density at radius 3 is 2.72 bits per heavy atom. The Morgan fingerprint density at radius 1 is 1.28 bits per heavy atom. The number of amides is 1. The van der Waals surface area contributed by atoms with Crippen molar-refractivity contribution in [3.8, 4) is 0 Å². The molecule has 0 saturated carbocycles. The van der Waals surface area contributed by atoms with Gasteiger partial charge in [-0.1, -0.05) is 6.92 Å². The lowest BCUT2D eigenvalue weighted by Crippen LogP contribution is -2.46. The second-order valence-corrected chi connectivity index (χ2v) is 6.14. The van der Waals surface area contributed by atoms with Crippen LogP contribution in [0.25, 0.3) is 0 Å². The summed E-state index contributed by atoms with van der Waals surface area (Å²) in [7, 11) is 0. The van der Waals surface area contributed by atoms with Gasteiger partial charge >= 0.3 is 0 Å². The summed E-state index contributed by atoms with van der Waals surface area (Å²) in [5.74, 6) is -0.603. The van der Waals surface area contributed by atoms with Crippen LogP contribution in [0.1, 0.15) is 17.3 Å². The summed E-state index contributed by atoms with van der Waals surface area (Å²) in [6.07, 6.45) is 5.22. The number of piperazine rings is 1. The summed E-state index contributed by atoms with van der Waals surface area (Å²) in [6, 6.07) is 4.73. The van der Waals surface area contributed by atoms with Gasteiger partial charge in [0.1, 0.15) is 5.82 Å². The molecule has 0 unspecified atom stereocenters. The van der Waals surface area contributed by atoms with E-state index in [0.29, 0.717) is 24.3 Å². The number of rotatable bonds is 6. The highest BCUT2D eigenvalue weighted by atomic mass is 19.1. The molecule has 2 heterocycles. The molecule has 1 aromatic heterocycles. The number of carbonyl (C=O) groups is 1. The van der Waals surface area contributed by atoms with Crippen LogP contribution in [0.5, 0.6) is 0 Å². The van der Waals surface area contributed by atoms with Gasteiger partial charge in [0, 0.05) is 57.2 Å². The van der Waals surface area contributed by atoms with Gasteiger partial charge in [0.2, 0.25) is 0 Å². The van der Waals surface area contributed by atoms with Crippen molar-refractivity contribution in [3.05, 3.63) is 48.3 Å². The van der Waals surface area contributed by atoms with Crippen molar-refractivity contribution in [3.63, 3.8) is 0 Å². The molecule has 1 saturated heterocycles. The van der Waals surface area contributed by atoms with E-state index in [1.807, 2.05) is 15.7 Å². The van der Waals surface area contributed by atoms with Crippen molar-refractivity contribution >= 4 is 11.6 Å². The highest BCUT2D eigenvalue weighted by Gasteiger charge is 2.19. The number of likely N-dealkylation sites (N-methyl/N-ethyl adjacent to an activating group) is 1. The summed E-state index contributed by atoms with van der Waals surface area (Å²) in [6.45, 7) is 7.75. The molecule has 1 fully saturated rings. The van der Waals surface area contributed by atoms with Crippen LogP contribution in [-0.4, -0.2) is 59.6 Å². The number of carbonyl (C=O) groups excluding carboxylic acids is 1. The third-order valence-corrected chi connectivity index (χ3v) is 4.58. The molecule has 1 N–H and O–H groups in total. The molecule has 0 radical (unpaired) electrons. The summed E-state index contributed by atoms with van der Waals surface area (Å²) in [4.78, 5) is 20.5. The molecule has 1 aromatic carbocycles. The minimum atomic E-state index is -0.341. The quantitative estimate of drug-likeness (QED) is 0.864. The van der Waals surface area contributed by atoms with Gasteiger partial charge in [0.05, 0.1) is 12.0 Å². The Balaban J connectivity index is 1.56. The molecule has 0 spiro atoms. The lowest BCUT2D eigenvalue weighted by Gasteiger charge is -2.35. The van der Waals surface area contributed by atoms with E-state index in [4.69, 9.17) is 0 Å². The number of aromatic nitrogens is 2. The first-order chi connectivity index (χ1) is 12.2. The Labute approximate surface area is 147 Å². The van der Waals surface area contributed by atoms with E-state index in [9.17, 15) is 9.18 Å². The molecule has 3 rings (SSSR count). The van der Waals surface area contributed by atoms with Gasteiger partial charge in [-0.2, -0.15) is 0 Å². The smallest absolute Gasteiger partial charge is 0.251 e. The molecule has 0 aliphatic carbocycles. The van der Waals surface area contributed by atoms with Crippen LogP contribution < -0.4 is 10.2 Å². The maximum absolute atomic E-state index is 14.5. The molecular formula is C18H24FN5O. The number of hydrogen-bond donors (Lipinski definition) is 1. The fraction of sp³-hybridized carbons (Fsp3) is 0.444. The van der Waals surface area contributed by atoms with E-state index in [0.717, 1.165) is 32.7 Å². The number of nitrogens with one attached hydrogen (secondary N) is 1. The van der Waals surface area contributed by atoms with Crippen molar-refractivity contribution < 1.29 is 9.18 Å². The number of benzene rings is 1. The van der Waals surface area contributed by atoms with Crippen LogP contribution in [0.4, 0.5) is 10.1 Å². The van der Waals surface area contributed by atoms with Crippen LogP contribution in [0.2, 0.25) is 0 Å². The Bertz CT molecular complexity index is 695. The first-order valence-corrected chi connectivity index (χ1v) is 8.68. The molecule has 1 amide bonds. The van der Waals surface area contributed by atoms with Gasteiger partial charge in [0.25, 0.3) is 5.91 Å². The summed E-state index contributed by atoms with van der Waals surface area (Å²) < 4.78 is 16.3. The van der Waals surface area contributed by atoms with Crippen LogP contribution in [0, 0.1) is 5.82 Å². The second-order valence-electron chi connectivity index (χ2n) is 6.14. The number of nitrogens with zero attached hydrogens (tertiary/aromatic N) is 4. The maximum Gasteiger partial charge on any atom is 0.251 e. The average Bonchev–Trinajstić information content (AvgIpc) is 3.15. The maximum atomic E-state index is 14.5. The monoisotopic (exact) mass is 345 g/mol. The lowest BCUT2D eigenvalue weighted by molar-refractivity contribution is 0.0952. The highest BCUT2D eigenvalue weighted by Crippen LogP contribution is 2.22. The van der Waals surface area contributed by atoms with E-state index in [1.165, 1.54) is 6.07 Å². The topological polar surface area (TPSA) is 53.4 Å². The van der Waals surface area contributed by atoms with Crippen LogP contribution in [0.3, 0.4) is 0 Å². The second kappa shape index (κ2) is 8.11. The fourth-order valence-corrected chi connectivity index (χ4v) is 3.03. The van der Waals surface area contributed by atoms with E-state index in [2.05, 4.69) is 22.1 Å². The molecule has 1 aliphatic rings. The molecule has 0 atom stereocenters. The third kappa shape index (κ3) is 4.36. The van der Waals surface area contributed by atoms with Crippen molar-refractivity contribution in [2.45, 2.75) is 13.5 Å². The average molecular weight is 345 g/mol. The Kier molecular flexibility index (Phi) is 5.65. The van der Waals surface area contributed by atoms with Gasteiger partial charge in [-0.25, -0.2) is 9.37 Å². The highest BCUT2D eigenvalue weighted by molar-refractivity contribution is 5.94. The number of hydrogen-bond acceptors (Lipinski definition) is 4. The molecule has 0 bridgehead atoms. The number of imidazole rings is 1. The van der Waals surface area contributed by atoms with Gasteiger partial charge in [-0.05, 0) is 24.7 Å². The lowest BCUT2D eigenvalue weighted by atomic mass is 10.1. The van der Waals surface area contributed by atoms with Crippen LogP contribution in [0.15, 0.2) is 36.9 Å². The summed E-state index contributed by atoms with van der Waals surface area (Å²) in [5.41, 5.74) is 0.921. The first-order valence-electron chi connectivity index (χ1n) is 8.68. The van der Waals surface area contributed by atoms with E-state index >= 15 is 0 Å². The van der Waals surface area contributed by atoms with Crippen LogP contribution in [-0.2, 0) is 6.54 Å². The van der Waals surface area contributed by atoms with Crippen molar-refractivity contribution in [1.82, 2.24) is 19.8 Å². The van der Waals surface area contributed by atoms with E-state index < -0.39 is 0 Å². The summed E-state index contributed by atoms with van der Waals surface area (Å²) in [5, 5.41) is 2.80. The normalized spacial score (nSPS) is 15.4. The van der Waals surface area contributed by atoms with Gasteiger partial charge in [-0.3, -0.25) is 4.79 Å². The molecular weight excluding hydrogens is 321 g/mol. The predicted octanol–water partition coefficient (Wildman–Crippen LogP) is 1.59. The molecule has 7 heteroatoms. The van der Waals surface area contributed by atoms with Gasteiger partial charge < -0.3 is 19.7 Å². The SMILES string of the molecule is CCN1CCN(c2ccc(C(=O)NCCn3ccnc3)cc2F)CC1. The molecule has 25 heavy (non-hydrogen) atoms. The largest absolute Gasteiger partial charge is 0.367 e. The predicted molar refractivity (Wildman–Crippen MR) is 95.3 cm³/mol. The van der Waals surface area contributed by atoms with E-state index in [1.54, 1.807) is 24.7 Å². The van der Waals surface area contributed by atoms with E-state index in [-0.39, 0.29) is 11.7 Å². The zero-order valence-electron chi connectivity index (χ0n) is 14.5. The first kappa shape index (κ1) is 17.4. The molecule has 1 aliphatic heterocycles. The zero-order chi connectivity index (χ0) is 17.6. The van der Waals surface area contributed by atoms with Crippen molar-refractivity contribution in [2.24, 2.45) is 0 Å². The number of anilines is 1. The molecule has 2 aromatic rings. The van der Waals surface area contributed by atoms with Gasteiger partial charge in [-0.15, -0.1) is 0 Å². The number of halogens is 1. The van der Waals surface area contributed by atoms with Gasteiger partial charge in [0.15, 0.2) is 0 Å². The Hall–Kier alpha value is -2.41. The van der Waals surface area contributed by atoms with Crippen LogP contribution >= 0.6 is 0 Å². The zero-order valence-corrected chi connectivity index (χ0v) is 14.5.